The van der Waals surface area contributed by atoms with Crippen molar-refractivity contribution in [3.05, 3.63) is 42.4 Å². The van der Waals surface area contributed by atoms with Crippen LogP contribution in [0, 0.1) is 0 Å². The van der Waals surface area contributed by atoms with Gasteiger partial charge in [-0.05, 0) is 30.2 Å². The van der Waals surface area contributed by atoms with E-state index in [9.17, 15) is 0 Å². The molecule has 3 rings (SSSR count). The Balaban J connectivity index is 2.13. The molecule has 0 aromatic carbocycles. The number of aryl methyl sites for hydroxylation is 2. The van der Waals surface area contributed by atoms with Gasteiger partial charge in [0.05, 0.1) is 11.9 Å². The number of nitrogens with zero attached hydrogens (tertiary/aromatic N) is 4. The van der Waals surface area contributed by atoms with Crippen LogP contribution in [0.2, 0.25) is 0 Å². The summed E-state index contributed by atoms with van der Waals surface area (Å²) in [6, 6.07) is 6.23. The Kier molecular flexibility index (Phi) is 2.55. The average Bonchev–Trinajstić information content (AvgIpc) is 2.80. The number of aromatic nitrogens is 4. The lowest BCUT2D eigenvalue weighted by Gasteiger charge is -2.03. The minimum absolute atomic E-state index is 0.894. The van der Waals surface area contributed by atoms with Gasteiger partial charge in [-0.2, -0.15) is 5.10 Å². The molecule has 0 radical (unpaired) electrons. The molecule has 0 aliphatic rings. The van der Waals surface area contributed by atoms with E-state index in [0.29, 0.717) is 0 Å². The normalized spacial score (nSPS) is 11.0. The lowest BCUT2D eigenvalue weighted by atomic mass is 10.1. The summed E-state index contributed by atoms with van der Waals surface area (Å²) in [5.74, 6) is 0. The molecule has 4 heteroatoms. The van der Waals surface area contributed by atoms with Crippen molar-refractivity contribution in [1.29, 1.82) is 0 Å². The van der Waals surface area contributed by atoms with Gasteiger partial charge in [-0.1, -0.05) is 6.92 Å². The molecule has 4 nitrogen and oxygen atoms in total. The van der Waals surface area contributed by atoms with E-state index in [1.165, 1.54) is 5.56 Å². The molecular formula is C14H14N4. The summed E-state index contributed by atoms with van der Waals surface area (Å²) in [7, 11) is 1.89. The van der Waals surface area contributed by atoms with Gasteiger partial charge in [-0.15, -0.1) is 0 Å². The maximum Gasteiger partial charge on any atom is 0.157 e. The summed E-state index contributed by atoms with van der Waals surface area (Å²) in [4.78, 5) is 8.84. The third-order valence-electron chi connectivity index (χ3n) is 3.10. The zero-order valence-corrected chi connectivity index (χ0v) is 10.5. The third-order valence-corrected chi connectivity index (χ3v) is 3.10. The second-order valence-electron chi connectivity index (χ2n) is 4.31. The number of pyridine rings is 2. The van der Waals surface area contributed by atoms with Gasteiger partial charge < -0.3 is 0 Å². The molecule has 0 spiro atoms. The number of rotatable bonds is 2. The molecule has 0 aliphatic heterocycles. The summed E-state index contributed by atoms with van der Waals surface area (Å²) in [6.45, 7) is 2.14. The zero-order valence-electron chi connectivity index (χ0n) is 10.5. The van der Waals surface area contributed by atoms with Gasteiger partial charge >= 0.3 is 0 Å². The molecule has 3 heterocycles. The van der Waals surface area contributed by atoms with Gasteiger partial charge in [-0.3, -0.25) is 9.67 Å². The number of hydrogen-bond acceptors (Lipinski definition) is 3. The molecule has 0 saturated carbocycles. The van der Waals surface area contributed by atoms with Gasteiger partial charge in [0.15, 0.2) is 5.65 Å². The molecule has 0 bridgehead atoms. The highest BCUT2D eigenvalue weighted by atomic mass is 15.3. The summed E-state index contributed by atoms with van der Waals surface area (Å²) in [5.41, 5.74) is 4.18. The Morgan fingerprint density at radius 1 is 1.17 bits per heavy atom. The van der Waals surface area contributed by atoms with Crippen LogP contribution in [0.4, 0.5) is 0 Å². The minimum Gasteiger partial charge on any atom is -0.256 e. The standard InChI is InChI=1S/C14H14N4/c1-3-10-4-5-15-13(6-10)11-7-12-9-17-18(2)14(12)16-8-11/h4-9H,3H2,1-2H3. The first-order valence-corrected chi connectivity index (χ1v) is 6.01. The molecular weight excluding hydrogens is 224 g/mol. The van der Waals surface area contributed by atoms with Gasteiger partial charge in [0.25, 0.3) is 0 Å². The predicted molar refractivity (Wildman–Crippen MR) is 71.1 cm³/mol. The molecule has 0 fully saturated rings. The van der Waals surface area contributed by atoms with Crippen LogP contribution in [0.25, 0.3) is 22.3 Å². The molecule has 90 valence electrons. The fraction of sp³-hybridized carbons (Fsp3) is 0.214. The van der Waals surface area contributed by atoms with Crippen LogP contribution in [0.3, 0.4) is 0 Å². The molecule has 0 amide bonds. The lowest BCUT2D eigenvalue weighted by molar-refractivity contribution is 0.786. The van der Waals surface area contributed by atoms with Gasteiger partial charge in [0.1, 0.15) is 0 Å². The third kappa shape index (κ3) is 1.76. The van der Waals surface area contributed by atoms with Crippen molar-refractivity contribution in [2.45, 2.75) is 13.3 Å². The highest BCUT2D eigenvalue weighted by Crippen LogP contribution is 2.21. The van der Waals surface area contributed by atoms with Gasteiger partial charge in [-0.25, -0.2) is 4.98 Å². The molecule has 3 aromatic rings. The highest BCUT2D eigenvalue weighted by Gasteiger charge is 2.05. The average molecular weight is 238 g/mol. The predicted octanol–water partition coefficient (Wildman–Crippen LogP) is 2.59. The molecule has 0 unspecified atom stereocenters. The largest absolute Gasteiger partial charge is 0.256 e. The SMILES string of the molecule is CCc1ccnc(-c2cnc3c(cnn3C)c2)c1. The summed E-state index contributed by atoms with van der Waals surface area (Å²) in [5, 5.41) is 5.24. The summed E-state index contributed by atoms with van der Waals surface area (Å²) in [6.07, 6.45) is 6.54. The first-order chi connectivity index (χ1) is 8.78. The Labute approximate surface area is 105 Å². The van der Waals surface area contributed by atoms with E-state index in [2.05, 4.69) is 34.1 Å². The van der Waals surface area contributed by atoms with Crippen LogP contribution in [0.15, 0.2) is 36.8 Å². The van der Waals surface area contributed by atoms with E-state index >= 15 is 0 Å². The smallest absolute Gasteiger partial charge is 0.157 e. The van der Waals surface area contributed by atoms with E-state index < -0.39 is 0 Å². The molecule has 0 aliphatic carbocycles. The van der Waals surface area contributed by atoms with Crippen molar-refractivity contribution in [3.8, 4) is 11.3 Å². The van der Waals surface area contributed by atoms with Crippen molar-refractivity contribution in [2.75, 3.05) is 0 Å². The monoisotopic (exact) mass is 238 g/mol. The topological polar surface area (TPSA) is 43.6 Å². The van der Waals surface area contributed by atoms with E-state index in [0.717, 1.165) is 28.7 Å². The van der Waals surface area contributed by atoms with Crippen LogP contribution in [-0.2, 0) is 13.5 Å². The maximum atomic E-state index is 4.43. The molecule has 0 saturated heterocycles. The quantitative estimate of drug-likeness (QED) is 0.689. The fourth-order valence-corrected chi connectivity index (χ4v) is 2.04. The van der Waals surface area contributed by atoms with E-state index in [4.69, 9.17) is 0 Å². The van der Waals surface area contributed by atoms with Gasteiger partial charge in [0, 0.05) is 30.4 Å². The van der Waals surface area contributed by atoms with E-state index in [-0.39, 0.29) is 0 Å². The van der Waals surface area contributed by atoms with Crippen LogP contribution in [-0.4, -0.2) is 19.7 Å². The van der Waals surface area contributed by atoms with Crippen molar-refractivity contribution < 1.29 is 0 Å². The molecule has 18 heavy (non-hydrogen) atoms. The first-order valence-electron chi connectivity index (χ1n) is 6.01. The summed E-state index contributed by atoms with van der Waals surface area (Å²) >= 11 is 0. The lowest BCUT2D eigenvalue weighted by Crippen LogP contribution is -1.92. The highest BCUT2D eigenvalue weighted by molar-refractivity contribution is 5.79. The Morgan fingerprint density at radius 3 is 2.89 bits per heavy atom. The van der Waals surface area contributed by atoms with Crippen LogP contribution in [0.5, 0.6) is 0 Å². The fourth-order valence-electron chi connectivity index (χ4n) is 2.04. The Hall–Kier alpha value is -2.23. The van der Waals surface area contributed by atoms with E-state index in [1.807, 2.05) is 31.7 Å². The van der Waals surface area contributed by atoms with Crippen LogP contribution in [0.1, 0.15) is 12.5 Å². The van der Waals surface area contributed by atoms with Crippen molar-refractivity contribution in [1.82, 2.24) is 19.7 Å². The Bertz CT molecular complexity index is 700. The minimum atomic E-state index is 0.894. The molecule has 3 aromatic heterocycles. The van der Waals surface area contributed by atoms with Crippen molar-refractivity contribution in [3.63, 3.8) is 0 Å². The Morgan fingerprint density at radius 2 is 2.06 bits per heavy atom. The number of hydrogen-bond donors (Lipinski definition) is 0. The second-order valence-corrected chi connectivity index (χ2v) is 4.31. The van der Waals surface area contributed by atoms with E-state index in [1.54, 1.807) is 4.68 Å². The maximum absolute atomic E-state index is 4.43. The molecule has 0 N–H and O–H groups in total. The van der Waals surface area contributed by atoms with Crippen molar-refractivity contribution in [2.24, 2.45) is 7.05 Å². The zero-order chi connectivity index (χ0) is 12.5. The first kappa shape index (κ1) is 10.9. The van der Waals surface area contributed by atoms with Crippen LogP contribution < -0.4 is 0 Å². The molecule has 0 atom stereocenters. The second kappa shape index (κ2) is 4.22. The van der Waals surface area contributed by atoms with Crippen LogP contribution >= 0.6 is 0 Å². The number of fused-ring (bicyclic) bond motifs is 1. The van der Waals surface area contributed by atoms with Crippen molar-refractivity contribution >= 4 is 11.0 Å². The van der Waals surface area contributed by atoms with Gasteiger partial charge in [0.2, 0.25) is 0 Å². The summed E-state index contributed by atoms with van der Waals surface area (Å²) < 4.78 is 1.77.